The minimum Gasteiger partial charge on any atom is -0.465 e. The monoisotopic (exact) mass is 456 g/mol. The second-order valence-corrected chi connectivity index (χ2v) is 9.75. The van der Waals surface area contributed by atoms with E-state index in [1.165, 1.54) is 7.11 Å². The molecule has 8 nitrogen and oxygen atoms in total. The van der Waals surface area contributed by atoms with Crippen LogP contribution in [0.25, 0.3) is 11.0 Å². The Kier molecular flexibility index (Phi) is 6.48. The number of ether oxygens (including phenoxy) is 1. The number of nitrogens with zero attached hydrogens (tertiary/aromatic N) is 3. The summed E-state index contributed by atoms with van der Waals surface area (Å²) in [6.07, 6.45) is 2.89. The summed E-state index contributed by atoms with van der Waals surface area (Å²) in [4.78, 5) is 16.6. The molecule has 1 fully saturated rings. The van der Waals surface area contributed by atoms with Crippen LogP contribution in [0.4, 0.5) is 5.69 Å². The summed E-state index contributed by atoms with van der Waals surface area (Å²) < 4.78 is 34.5. The number of fused-ring (bicyclic) bond motifs is 1. The number of imidazole rings is 1. The van der Waals surface area contributed by atoms with E-state index in [-0.39, 0.29) is 5.97 Å². The highest BCUT2D eigenvalue weighted by Gasteiger charge is 2.26. The zero-order chi connectivity index (χ0) is 22.7. The number of esters is 1. The highest BCUT2D eigenvalue weighted by atomic mass is 32.2. The Labute approximate surface area is 188 Å². The van der Waals surface area contributed by atoms with Crippen molar-refractivity contribution >= 4 is 32.7 Å². The third-order valence-electron chi connectivity index (χ3n) is 5.82. The number of methoxy groups -OCH3 is 1. The van der Waals surface area contributed by atoms with Crippen molar-refractivity contribution in [2.24, 2.45) is 0 Å². The van der Waals surface area contributed by atoms with E-state index in [1.807, 2.05) is 25.1 Å². The number of hydrogen-bond acceptors (Lipinski definition) is 6. The third kappa shape index (κ3) is 4.35. The van der Waals surface area contributed by atoms with E-state index in [0.717, 1.165) is 36.3 Å². The van der Waals surface area contributed by atoms with Gasteiger partial charge in [0, 0.05) is 25.3 Å². The molecule has 1 aliphatic rings. The van der Waals surface area contributed by atoms with Gasteiger partial charge in [-0.25, -0.2) is 18.2 Å². The van der Waals surface area contributed by atoms with E-state index >= 15 is 0 Å². The Hall–Kier alpha value is -2.91. The Morgan fingerprint density at radius 3 is 2.47 bits per heavy atom. The lowest BCUT2D eigenvalue weighted by molar-refractivity contribution is 0.0600. The lowest BCUT2D eigenvalue weighted by Crippen LogP contribution is -2.35. The predicted octanol–water partition coefficient (Wildman–Crippen LogP) is 3.63. The highest BCUT2D eigenvalue weighted by Crippen LogP contribution is 2.25. The maximum absolute atomic E-state index is 13.0. The fraction of sp³-hybridized carbons (Fsp3) is 0.391. The molecule has 1 saturated heterocycles. The molecule has 3 aromatic rings. The Morgan fingerprint density at radius 2 is 1.81 bits per heavy atom. The Morgan fingerprint density at radius 1 is 1.09 bits per heavy atom. The standard InChI is InChI=1S/C23H28N4O4S/c1-3-27-21-12-11-19(32(29,30)26-13-5-4-6-14-26)15-20(21)25-22(27)16-24-18-9-7-17(8-10-18)23(28)31-2/h7-12,15,24H,3-6,13-14,16H2,1-2H3. The smallest absolute Gasteiger partial charge is 0.337 e. The molecular formula is C23H28N4O4S. The van der Waals surface area contributed by atoms with Gasteiger partial charge in [0.05, 0.1) is 35.1 Å². The lowest BCUT2D eigenvalue weighted by atomic mass is 10.2. The number of rotatable bonds is 7. The Bertz CT molecular complexity index is 1210. The normalized spacial score (nSPS) is 15.1. The first-order valence-corrected chi connectivity index (χ1v) is 12.3. The molecule has 9 heteroatoms. The SMILES string of the molecule is CCn1c(CNc2ccc(C(=O)OC)cc2)nc2cc(S(=O)(=O)N3CCCCC3)ccc21. The summed E-state index contributed by atoms with van der Waals surface area (Å²) in [5, 5.41) is 3.32. The van der Waals surface area contributed by atoms with Crippen molar-refractivity contribution in [2.45, 2.75) is 44.2 Å². The molecule has 0 atom stereocenters. The number of nitrogens with one attached hydrogen (secondary N) is 1. The van der Waals surface area contributed by atoms with Crippen LogP contribution in [-0.2, 0) is 27.8 Å². The van der Waals surface area contributed by atoms with E-state index in [0.29, 0.717) is 42.2 Å². The first-order chi connectivity index (χ1) is 15.4. The van der Waals surface area contributed by atoms with Gasteiger partial charge in [-0.3, -0.25) is 0 Å². The Balaban J connectivity index is 1.56. The first kappa shape index (κ1) is 22.3. The number of benzene rings is 2. The zero-order valence-corrected chi connectivity index (χ0v) is 19.2. The van der Waals surface area contributed by atoms with E-state index in [1.54, 1.807) is 28.6 Å². The number of piperidine rings is 1. The second kappa shape index (κ2) is 9.30. The van der Waals surface area contributed by atoms with Crippen molar-refractivity contribution in [1.82, 2.24) is 13.9 Å². The quantitative estimate of drug-likeness (QED) is 0.546. The van der Waals surface area contributed by atoms with E-state index in [9.17, 15) is 13.2 Å². The van der Waals surface area contributed by atoms with Crippen LogP contribution in [0.1, 0.15) is 42.4 Å². The van der Waals surface area contributed by atoms with Crippen LogP contribution in [0.3, 0.4) is 0 Å². The van der Waals surface area contributed by atoms with Gasteiger partial charge in [0.15, 0.2) is 0 Å². The second-order valence-electron chi connectivity index (χ2n) is 7.81. The van der Waals surface area contributed by atoms with Crippen LogP contribution in [0.2, 0.25) is 0 Å². The van der Waals surface area contributed by atoms with Gasteiger partial charge in [0.1, 0.15) is 5.82 Å². The van der Waals surface area contributed by atoms with Crippen molar-refractivity contribution < 1.29 is 17.9 Å². The van der Waals surface area contributed by atoms with Gasteiger partial charge >= 0.3 is 5.97 Å². The summed E-state index contributed by atoms with van der Waals surface area (Å²) in [5.74, 6) is 0.437. The molecule has 1 N–H and O–H groups in total. The van der Waals surface area contributed by atoms with Crippen molar-refractivity contribution in [1.29, 1.82) is 0 Å². The summed E-state index contributed by atoms with van der Waals surface area (Å²) >= 11 is 0. The molecule has 4 rings (SSSR count). The molecule has 0 spiro atoms. The van der Waals surface area contributed by atoms with Crippen LogP contribution in [-0.4, -0.2) is 48.4 Å². The predicted molar refractivity (Wildman–Crippen MR) is 123 cm³/mol. The number of aromatic nitrogens is 2. The lowest BCUT2D eigenvalue weighted by Gasteiger charge is -2.25. The van der Waals surface area contributed by atoms with Gasteiger partial charge < -0.3 is 14.6 Å². The van der Waals surface area contributed by atoms with Crippen molar-refractivity contribution in [3.63, 3.8) is 0 Å². The number of carbonyl (C=O) groups is 1. The number of carbonyl (C=O) groups excluding carboxylic acids is 1. The van der Waals surface area contributed by atoms with Gasteiger partial charge in [-0.1, -0.05) is 6.42 Å². The van der Waals surface area contributed by atoms with Crippen LogP contribution < -0.4 is 5.32 Å². The molecule has 1 aromatic heterocycles. The molecule has 0 saturated carbocycles. The zero-order valence-electron chi connectivity index (χ0n) is 18.4. The first-order valence-electron chi connectivity index (χ1n) is 10.9. The molecule has 0 aliphatic carbocycles. The highest BCUT2D eigenvalue weighted by molar-refractivity contribution is 7.89. The summed E-state index contributed by atoms with van der Waals surface area (Å²) in [6.45, 7) is 4.37. The van der Waals surface area contributed by atoms with Crippen LogP contribution >= 0.6 is 0 Å². The van der Waals surface area contributed by atoms with E-state index < -0.39 is 10.0 Å². The van der Waals surface area contributed by atoms with Gasteiger partial charge in [-0.2, -0.15) is 4.31 Å². The average Bonchev–Trinajstić information content (AvgIpc) is 3.19. The van der Waals surface area contributed by atoms with Crippen LogP contribution in [0, 0.1) is 0 Å². The van der Waals surface area contributed by atoms with Crippen molar-refractivity contribution in [3.8, 4) is 0 Å². The third-order valence-corrected chi connectivity index (χ3v) is 7.72. The molecule has 0 radical (unpaired) electrons. The molecule has 0 unspecified atom stereocenters. The van der Waals surface area contributed by atoms with Gasteiger partial charge in [-0.15, -0.1) is 0 Å². The number of aryl methyl sites for hydroxylation is 1. The van der Waals surface area contributed by atoms with Crippen LogP contribution in [0.5, 0.6) is 0 Å². The molecule has 2 aromatic carbocycles. The minimum absolute atomic E-state index is 0.297. The van der Waals surface area contributed by atoms with E-state index in [2.05, 4.69) is 9.88 Å². The average molecular weight is 457 g/mol. The molecular weight excluding hydrogens is 428 g/mol. The molecule has 0 bridgehead atoms. The molecule has 1 aliphatic heterocycles. The fourth-order valence-corrected chi connectivity index (χ4v) is 5.62. The van der Waals surface area contributed by atoms with Gasteiger partial charge in [0.2, 0.25) is 10.0 Å². The molecule has 170 valence electrons. The summed E-state index contributed by atoms with van der Waals surface area (Å²) in [5.41, 5.74) is 2.91. The molecule has 32 heavy (non-hydrogen) atoms. The number of anilines is 1. The maximum Gasteiger partial charge on any atom is 0.337 e. The van der Waals surface area contributed by atoms with Gasteiger partial charge in [-0.05, 0) is 62.2 Å². The number of sulfonamides is 1. The van der Waals surface area contributed by atoms with E-state index in [4.69, 9.17) is 9.72 Å². The summed E-state index contributed by atoms with van der Waals surface area (Å²) in [6, 6.07) is 12.2. The van der Waals surface area contributed by atoms with Crippen molar-refractivity contribution in [2.75, 3.05) is 25.5 Å². The maximum atomic E-state index is 13.0. The molecule has 0 amide bonds. The summed E-state index contributed by atoms with van der Waals surface area (Å²) in [7, 11) is -2.15. The van der Waals surface area contributed by atoms with Crippen LogP contribution in [0.15, 0.2) is 47.4 Å². The fourth-order valence-electron chi connectivity index (χ4n) is 4.09. The van der Waals surface area contributed by atoms with Crippen molar-refractivity contribution in [3.05, 3.63) is 53.9 Å². The largest absolute Gasteiger partial charge is 0.465 e. The molecule has 2 heterocycles. The topological polar surface area (TPSA) is 93.5 Å². The van der Waals surface area contributed by atoms with Gasteiger partial charge in [0.25, 0.3) is 0 Å². The number of hydrogen-bond donors (Lipinski definition) is 1. The minimum atomic E-state index is -3.50.